The molecule has 0 aliphatic carbocycles. The fourth-order valence-electron chi connectivity index (χ4n) is 6.56. The number of alkyl halides is 2. The lowest BCUT2D eigenvalue weighted by Crippen LogP contribution is -2.62. The highest BCUT2D eigenvalue weighted by molar-refractivity contribution is 5.97. The number of ether oxygens (including phenoxy) is 1. The van der Waals surface area contributed by atoms with Crippen LogP contribution in [0.2, 0.25) is 0 Å². The first kappa shape index (κ1) is 32.9. The van der Waals surface area contributed by atoms with E-state index in [-0.39, 0.29) is 41.1 Å². The summed E-state index contributed by atoms with van der Waals surface area (Å²) in [6.07, 6.45) is 1.93. The SMILES string of the molecule is CCN(C(=O)c1cc(F)ccc1Oc1nncnc1N1CCC2(C1)CN([C@H](CCCN(C)CC(F)F)C(C)C)C2)C(C)C. The Kier molecular flexibility index (Phi) is 10.9. The first-order valence-electron chi connectivity index (χ1n) is 15.3. The van der Waals surface area contributed by atoms with Gasteiger partial charge in [-0.25, -0.2) is 18.2 Å². The molecule has 3 heterocycles. The highest BCUT2D eigenvalue weighted by atomic mass is 19.3. The summed E-state index contributed by atoms with van der Waals surface area (Å²) in [6.45, 7) is 14.6. The lowest BCUT2D eigenvalue weighted by molar-refractivity contribution is -0.0346. The van der Waals surface area contributed by atoms with E-state index < -0.39 is 12.2 Å². The monoisotopic (exact) mass is 605 g/mol. The van der Waals surface area contributed by atoms with Gasteiger partial charge in [0, 0.05) is 50.2 Å². The molecule has 238 valence electrons. The summed E-state index contributed by atoms with van der Waals surface area (Å²) in [6, 6.07) is 4.25. The number of aromatic nitrogens is 3. The quantitative estimate of drug-likeness (QED) is 0.291. The van der Waals surface area contributed by atoms with Crippen LogP contribution in [-0.2, 0) is 0 Å². The lowest BCUT2D eigenvalue weighted by Gasteiger charge is -2.53. The van der Waals surface area contributed by atoms with E-state index in [4.69, 9.17) is 4.74 Å². The van der Waals surface area contributed by atoms with Crippen molar-refractivity contribution in [1.82, 2.24) is 29.9 Å². The van der Waals surface area contributed by atoms with Gasteiger partial charge in [0.15, 0.2) is 5.82 Å². The molecule has 43 heavy (non-hydrogen) atoms. The van der Waals surface area contributed by atoms with Gasteiger partial charge in [0.2, 0.25) is 0 Å². The molecule has 2 aliphatic rings. The van der Waals surface area contributed by atoms with Gasteiger partial charge in [0.25, 0.3) is 18.2 Å². The van der Waals surface area contributed by atoms with Crippen LogP contribution >= 0.6 is 0 Å². The predicted octanol–water partition coefficient (Wildman–Crippen LogP) is 5.19. The number of nitrogens with zero attached hydrogens (tertiary/aromatic N) is 7. The summed E-state index contributed by atoms with van der Waals surface area (Å²) in [5, 5.41) is 8.14. The molecule has 1 spiro atoms. The number of carbonyl (C=O) groups is 1. The van der Waals surface area contributed by atoms with Crippen molar-refractivity contribution < 1.29 is 22.7 Å². The highest BCUT2D eigenvalue weighted by Crippen LogP contribution is 2.44. The fourth-order valence-corrected chi connectivity index (χ4v) is 6.56. The normalized spacial score (nSPS) is 17.4. The minimum Gasteiger partial charge on any atom is -0.434 e. The molecule has 1 aromatic carbocycles. The van der Waals surface area contributed by atoms with Crippen LogP contribution in [0.1, 0.15) is 64.2 Å². The van der Waals surface area contributed by atoms with Crippen LogP contribution in [0.25, 0.3) is 0 Å². The third kappa shape index (κ3) is 7.94. The number of halogens is 3. The number of anilines is 1. The molecule has 2 aliphatic heterocycles. The van der Waals surface area contributed by atoms with Crippen molar-refractivity contribution >= 4 is 11.7 Å². The third-order valence-corrected chi connectivity index (χ3v) is 8.72. The molecule has 0 unspecified atom stereocenters. The van der Waals surface area contributed by atoms with Crippen LogP contribution < -0.4 is 9.64 Å². The second-order valence-electron chi connectivity index (χ2n) is 12.7. The Labute approximate surface area is 253 Å². The average molecular weight is 606 g/mol. The fraction of sp³-hybridized carbons (Fsp3) is 0.677. The zero-order valence-electron chi connectivity index (χ0n) is 26.3. The summed E-state index contributed by atoms with van der Waals surface area (Å²) in [5.41, 5.74) is 0.248. The largest absolute Gasteiger partial charge is 0.434 e. The average Bonchev–Trinajstić information content (AvgIpc) is 3.37. The van der Waals surface area contributed by atoms with E-state index >= 15 is 0 Å². The van der Waals surface area contributed by atoms with Crippen molar-refractivity contribution in [1.29, 1.82) is 0 Å². The number of carbonyl (C=O) groups excluding carboxylic acids is 1. The molecule has 12 heteroatoms. The van der Waals surface area contributed by atoms with Gasteiger partial charge < -0.3 is 19.4 Å². The zero-order chi connectivity index (χ0) is 31.3. The first-order chi connectivity index (χ1) is 20.4. The van der Waals surface area contributed by atoms with Gasteiger partial charge in [-0.2, -0.15) is 0 Å². The van der Waals surface area contributed by atoms with E-state index in [1.54, 1.807) is 16.8 Å². The summed E-state index contributed by atoms with van der Waals surface area (Å²) in [7, 11) is 1.75. The lowest BCUT2D eigenvalue weighted by atomic mass is 9.76. The van der Waals surface area contributed by atoms with Gasteiger partial charge in [-0.15, -0.1) is 10.2 Å². The summed E-state index contributed by atoms with van der Waals surface area (Å²) in [4.78, 5) is 25.8. The standard InChI is InChI=1S/C31H46F3N7O2/c1-7-41(22(4)5)30(42)24-15-23(32)10-11-26(24)43-29-28(35-20-36-37-29)39-14-12-31(17-39)18-40(19-31)25(21(2)3)9-8-13-38(6)16-27(33)34/h10-11,15,20-22,25,27H,7-9,12-14,16-19H2,1-6H3/t25-/m1/s1. The second kappa shape index (κ2) is 14.2. The van der Waals surface area contributed by atoms with Gasteiger partial charge in [-0.3, -0.25) is 9.69 Å². The smallest absolute Gasteiger partial charge is 0.282 e. The Bertz CT molecular complexity index is 1230. The molecule has 4 rings (SSSR count). The molecular weight excluding hydrogens is 559 g/mol. The molecule has 2 fully saturated rings. The van der Waals surface area contributed by atoms with E-state index in [0.29, 0.717) is 30.9 Å². The van der Waals surface area contributed by atoms with Crippen LogP contribution in [0.15, 0.2) is 24.5 Å². The molecule has 9 nitrogen and oxygen atoms in total. The molecule has 0 bridgehead atoms. The van der Waals surface area contributed by atoms with Crippen LogP contribution in [-0.4, -0.2) is 107 Å². The minimum atomic E-state index is -2.31. The Morgan fingerprint density at radius 2 is 1.91 bits per heavy atom. The molecule has 0 N–H and O–H groups in total. The number of amides is 1. The van der Waals surface area contributed by atoms with Gasteiger partial charge in [-0.1, -0.05) is 13.8 Å². The Hall–Kier alpha value is -2.99. The van der Waals surface area contributed by atoms with E-state index in [2.05, 4.69) is 38.8 Å². The predicted molar refractivity (Wildman–Crippen MR) is 160 cm³/mol. The molecular formula is C31H46F3N7O2. The number of benzene rings is 1. The molecule has 1 aromatic heterocycles. The number of likely N-dealkylation sites (tertiary alicyclic amines) is 1. The van der Waals surface area contributed by atoms with Gasteiger partial charge >= 0.3 is 0 Å². The minimum absolute atomic E-state index is 0.0627. The van der Waals surface area contributed by atoms with E-state index in [0.717, 1.165) is 45.4 Å². The first-order valence-corrected chi connectivity index (χ1v) is 15.3. The highest BCUT2D eigenvalue weighted by Gasteiger charge is 2.50. The topological polar surface area (TPSA) is 77.9 Å². The summed E-state index contributed by atoms with van der Waals surface area (Å²) in [5.74, 6) is 0.554. The van der Waals surface area contributed by atoms with Crippen molar-refractivity contribution in [3.63, 3.8) is 0 Å². The third-order valence-electron chi connectivity index (χ3n) is 8.72. The Balaban J connectivity index is 1.42. The maximum absolute atomic E-state index is 14.2. The summed E-state index contributed by atoms with van der Waals surface area (Å²) < 4.78 is 45.8. The maximum atomic E-state index is 14.2. The van der Waals surface area contributed by atoms with Gasteiger partial charge in [0.05, 0.1) is 12.1 Å². The number of hydrogen-bond acceptors (Lipinski definition) is 8. The molecule has 1 atom stereocenters. The van der Waals surface area contributed by atoms with E-state index in [9.17, 15) is 18.0 Å². The van der Waals surface area contributed by atoms with Gasteiger partial charge in [-0.05, 0) is 77.7 Å². The maximum Gasteiger partial charge on any atom is 0.282 e. The molecule has 1 amide bonds. The second-order valence-corrected chi connectivity index (χ2v) is 12.7. The van der Waals surface area contributed by atoms with Crippen LogP contribution in [0.4, 0.5) is 19.0 Å². The molecule has 2 saturated heterocycles. The molecule has 0 saturated carbocycles. The van der Waals surface area contributed by atoms with Crippen molar-refractivity contribution in [2.75, 3.05) is 57.8 Å². The summed E-state index contributed by atoms with van der Waals surface area (Å²) >= 11 is 0. The van der Waals surface area contributed by atoms with Crippen molar-refractivity contribution in [3.05, 3.63) is 35.9 Å². The number of rotatable bonds is 14. The van der Waals surface area contributed by atoms with Gasteiger partial charge in [0.1, 0.15) is 17.9 Å². The van der Waals surface area contributed by atoms with Crippen molar-refractivity contribution in [3.8, 4) is 11.6 Å². The van der Waals surface area contributed by atoms with Crippen LogP contribution in [0.5, 0.6) is 11.6 Å². The zero-order valence-corrected chi connectivity index (χ0v) is 26.3. The molecule has 0 radical (unpaired) electrons. The van der Waals surface area contributed by atoms with E-state index in [1.165, 1.54) is 24.5 Å². The van der Waals surface area contributed by atoms with Crippen molar-refractivity contribution in [2.45, 2.75) is 72.4 Å². The number of hydrogen-bond donors (Lipinski definition) is 0. The molecule has 2 aromatic rings. The van der Waals surface area contributed by atoms with E-state index in [1.807, 2.05) is 20.8 Å². The van der Waals surface area contributed by atoms with Crippen molar-refractivity contribution in [2.24, 2.45) is 11.3 Å². The van der Waals surface area contributed by atoms with Crippen LogP contribution in [0, 0.1) is 17.2 Å². The Morgan fingerprint density at radius 3 is 2.56 bits per heavy atom. The Morgan fingerprint density at radius 1 is 1.16 bits per heavy atom. The van der Waals surface area contributed by atoms with Crippen LogP contribution in [0.3, 0.4) is 0 Å².